The van der Waals surface area contributed by atoms with E-state index in [2.05, 4.69) is 34.6 Å². The van der Waals surface area contributed by atoms with Crippen LogP contribution in [0, 0.1) is 0 Å². The number of carbonyl (C=O) groups excluding carboxylic acids is 2. The van der Waals surface area contributed by atoms with Gasteiger partial charge >= 0.3 is 0 Å². The molecule has 1 heterocycles. The highest BCUT2D eigenvalue weighted by atomic mass is 32.2. The molecule has 3 rings (SSSR count). The maximum Gasteiger partial charge on any atom is 0.266 e. The smallest absolute Gasteiger partial charge is 0.266 e. The van der Waals surface area contributed by atoms with Crippen LogP contribution in [0.2, 0.25) is 0 Å². The van der Waals surface area contributed by atoms with Crippen LogP contribution in [0.1, 0.15) is 83.9 Å². The standard InChI is InChI=1S/C23H27NO2S/c1-6-27-13-16-10-11-19-20(12-16)23(26)24(22(19)25)21-17(14(2)3)8-7-9-18(21)15(4)5/h7-12,14-15H,6,13H2,1-5H3. The first kappa shape index (κ1) is 19.7. The predicted molar refractivity (Wildman–Crippen MR) is 114 cm³/mol. The third-order valence-electron chi connectivity index (χ3n) is 4.99. The Labute approximate surface area is 166 Å². The summed E-state index contributed by atoms with van der Waals surface area (Å²) in [5.41, 5.74) is 4.99. The van der Waals surface area contributed by atoms with Crippen molar-refractivity contribution in [2.75, 3.05) is 10.7 Å². The normalized spacial score (nSPS) is 13.8. The van der Waals surface area contributed by atoms with Crippen LogP contribution in [0.25, 0.3) is 0 Å². The van der Waals surface area contributed by atoms with Gasteiger partial charge in [0.15, 0.2) is 0 Å². The van der Waals surface area contributed by atoms with Gasteiger partial charge in [-0.05, 0) is 46.4 Å². The zero-order valence-electron chi connectivity index (χ0n) is 16.7. The van der Waals surface area contributed by atoms with Gasteiger partial charge in [0.25, 0.3) is 11.8 Å². The number of imide groups is 1. The van der Waals surface area contributed by atoms with Gasteiger partial charge in [-0.2, -0.15) is 11.8 Å². The molecule has 0 radical (unpaired) electrons. The Kier molecular flexibility index (Phi) is 5.75. The molecule has 142 valence electrons. The quantitative estimate of drug-likeness (QED) is 0.577. The first-order chi connectivity index (χ1) is 12.9. The number of thioether (sulfide) groups is 1. The molecule has 2 amide bonds. The Morgan fingerprint density at radius 3 is 2.04 bits per heavy atom. The van der Waals surface area contributed by atoms with Crippen LogP contribution in [0.5, 0.6) is 0 Å². The van der Waals surface area contributed by atoms with E-state index in [1.54, 1.807) is 0 Å². The van der Waals surface area contributed by atoms with E-state index < -0.39 is 0 Å². The monoisotopic (exact) mass is 381 g/mol. The van der Waals surface area contributed by atoms with Crippen LogP contribution in [-0.4, -0.2) is 17.6 Å². The van der Waals surface area contributed by atoms with Crippen molar-refractivity contribution in [2.45, 2.75) is 52.2 Å². The number of nitrogens with zero attached hydrogens (tertiary/aromatic N) is 1. The minimum atomic E-state index is -0.209. The number of rotatable bonds is 6. The molecule has 0 spiro atoms. The molecule has 2 aromatic carbocycles. The fraction of sp³-hybridized carbons (Fsp3) is 0.391. The van der Waals surface area contributed by atoms with E-state index in [1.165, 1.54) is 4.90 Å². The van der Waals surface area contributed by atoms with Gasteiger partial charge in [0, 0.05) is 5.75 Å². The Hall–Kier alpha value is -2.07. The Morgan fingerprint density at radius 2 is 1.48 bits per heavy atom. The second-order valence-corrected chi connectivity index (χ2v) is 8.83. The van der Waals surface area contributed by atoms with Crippen molar-refractivity contribution in [3.05, 3.63) is 64.2 Å². The van der Waals surface area contributed by atoms with Crippen molar-refractivity contribution >= 4 is 29.3 Å². The first-order valence-electron chi connectivity index (χ1n) is 9.59. The molecule has 1 aliphatic rings. The molecule has 0 N–H and O–H groups in total. The average Bonchev–Trinajstić information content (AvgIpc) is 2.89. The maximum absolute atomic E-state index is 13.3. The van der Waals surface area contributed by atoms with E-state index in [-0.39, 0.29) is 23.7 Å². The van der Waals surface area contributed by atoms with E-state index in [4.69, 9.17) is 0 Å². The lowest BCUT2D eigenvalue weighted by atomic mass is 9.92. The fourth-order valence-electron chi connectivity index (χ4n) is 3.57. The number of hydrogen-bond donors (Lipinski definition) is 0. The molecule has 27 heavy (non-hydrogen) atoms. The molecule has 3 nitrogen and oxygen atoms in total. The highest BCUT2D eigenvalue weighted by Crippen LogP contribution is 2.39. The van der Waals surface area contributed by atoms with Crippen molar-refractivity contribution in [1.82, 2.24) is 0 Å². The summed E-state index contributed by atoms with van der Waals surface area (Å²) in [7, 11) is 0. The van der Waals surface area contributed by atoms with E-state index in [1.807, 2.05) is 48.2 Å². The molecule has 1 aliphatic heterocycles. The number of hydrogen-bond acceptors (Lipinski definition) is 3. The summed E-state index contributed by atoms with van der Waals surface area (Å²) in [5.74, 6) is 1.91. The van der Waals surface area contributed by atoms with Crippen LogP contribution in [0.3, 0.4) is 0 Å². The number of anilines is 1. The number of para-hydroxylation sites is 1. The predicted octanol–water partition coefficient (Wildman–Crippen LogP) is 5.99. The van der Waals surface area contributed by atoms with Gasteiger partial charge in [0.1, 0.15) is 0 Å². The van der Waals surface area contributed by atoms with Gasteiger partial charge < -0.3 is 0 Å². The molecule has 0 aromatic heterocycles. The van der Waals surface area contributed by atoms with Gasteiger partial charge in [0.05, 0.1) is 16.8 Å². The Balaban J connectivity index is 2.12. The lowest BCUT2D eigenvalue weighted by Crippen LogP contribution is -2.31. The molecular formula is C23H27NO2S. The number of carbonyl (C=O) groups is 2. The minimum absolute atomic E-state index is 0.201. The average molecular weight is 382 g/mol. The van der Waals surface area contributed by atoms with Gasteiger partial charge in [-0.15, -0.1) is 0 Å². The molecule has 0 fully saturated rings. The molecule has 0 aliphatic carbocycles. The Bertz CT molecular complexity index is 860. The summed E-state index contributed by atoms with van der Waals surface area (Å²) < 4.78 is 0. The van der Waals surface area contributed by atoms with Crippen molar-refractivity contribution in [1.29, 1.82) is 0 Å². The van der Waals surface area contributed by atoms with Crippen LogP contribution in [0.4, 0.5) is 5.69 Å². The zero-order chi connectivity index (χ0) is 19.7. The molecule has 2 aromatic rings. The van der Waals surface area contributed by atoms with Gasteiger partial charge in [0.2, 0.25) is 0 Å². The summed E-state index contributed by atoms with van der Waals surface area (Å²) in [5, 5.41) is 0. The summed E-state index contributed by atoms with van der Waals surface area (Å²) >= 11 is 1.81. The van der Waals surface area contributed by atoms with E-state index in [0.29, 0.717) is 11.1 Å². The SMILES string of the molecule is CCSCc1ccc2c(c1)C(=O)N(c1c(C(C)C)cccc1C(C)C)C2=O. The van der Waals surface area contributed by atoms with Gasteiger partial charge in [-0.3, -0.25) is 9.59 Å². The van der Waals surface area contributed by atoms with E-state index in [0.717, 1.165) is 33.9 Å². The summed E-state index contributed by atoms with van der Waals surface area (Å²) in [6.07, 6.45) is 0. The van der Waals surface area contributed by atoms with Gasteiger partial charge in [-0.1, -0.05) is 58.9 Å². The van der Waals surface area contributed by atoms with E-state index in [9.17, 15) is 9.59 Å². The molecule has 0 unspecified atom stereocenters. The van der Waals surface area contributed by atoms with Crippen molar-refractivity contribution < 1.29 is 9.59 Å². The van der Waals surface area contributed by atoms with Crippen molar-refractivity contribution in [2.24, 2.45) is 0 Å². The zero-order valence-corrected chi connectivity index (χ0v) is 17.5. The van der Waals surface area contributed by atoms with E-state index >= 15 is 0 Å². The summed E-state index contributed by atoms with van der Waals surface area (Å²) in [6, 6.07) is 11.7. The van der Waals surface area contributed by atoms with Crippen LogP contribution >= 0.6 is 11.8 Å². The lowest BCUT2D eigenvalue weighted by molar-refractivity contribution is 0.0925. The molecule has 0 saturated carbocycles. The topological polar surface area (TPSA) is 37.4 Å². The van der Waals surface area contributed by atoms with Crippen molar-refractivity contribution in [3.63, 3.8) is 0 Å². The first-order valence-corrected chi connectivity index (χ1v) is 10.7. The van der Waals surface area contributed by atoms with Crippen LogP contribution in [-0.2, 0) is 5.75 Å². The Morgan fingerprint density at radius 1 is 0.889 bits per heavy atom. The van der Waals surface area contributed by atoms with Crippen LogP contribution < -0.4 is 4.90 Å². The fourth-order valence-corrected chi connectivity index (χ4v) is 4.19. The number of amides is 2. The highest BCUT2D eigenvalue weighted by Gasteiger charge is 2.39. The largest absolute Gasteiger partial charge is 0.268 e. The number of fused-ring (bicyclic) bond motifs is 1. The summed E-state index contributed by atoms with van der Waals surface area (Å²) in [4.78, 5) is 27.9. The highest BCUT2D eigenvalue weighted by molar-refractivity contribution is 7.98. The molecule has 0 saturated heterocycles. The summed E-state index contributed by atoms with van der Waals surface area (Å²) in [6.45, 7) is 10.5. The van der Waals surface area contributed by atoms with Crippen molar-refractivity contribution in [3.8, 4) is 0 Å². The second kappa shape index (κ2) is 7.89. The molecular weight excluding hydrogens is 354 g/mol. The second-order valence-electron chi connectivity index (χ2n) is 7.56. The lowest BCUT2D eigenvalue weighted by Gasteiger charge is -2.25. The third-order valence-corrected chi connectivity index (χ3v) is 5.94. The van der Waals surface area contributed by atoms with Crippen LogP contribution in [0.15, 0.2) is 36.4 Å². The minimum Gasteiger partial charge on any atom is -0.268 e. The van der Waals surface area contributed by atoms with Gasteiger partial charge in [-0.25, -0.2) is 4.90 Å². The molecule has 4 heteroatoms. The molecule has 0 bridgehead atoms. The number of benzene rings is 2. The third kappa shape index (κ3) is 3.55. The maximum atomic E-state index is 13.3. The molecule has 0 atom stereocenters.